The van der Waals surface area contributed by atoms with Crippen molar-refractivity contribution in [3.63, 3.8) is 0 Å². The van der Waals surface area contributed by atoms with Crippen LogP contribution in [0.25, 0.3) is 0 Å². The van der Waals surface area contributed by atoms with E-state index in [4.69, 9.17) is 0 Å². The Morgan fingerprint density at radius 1 is 1.25 bits per heavy atom. The standard InChI is InChI=1S/C13H16NOP/c15-10-14(11-4-2-1-3-5-11)12-6-8-13(16)9-7-12/h1-2,4,6-9,15H,3,5,10,16H2. The lowest BCUT2D eigenvalue weighted by atomic mass is 10.1. The third-order valence-corrected chi connectivity index (χ3v) is 3.07. The second-order valence-corrected chi connectivity index (χ2v) is 4.45. The van der Waals surface area contributed by atoms with Crippen molar-refractivity contribution in [1.29, 1.82) is 0 Å². The van der Waals surface area contributed by atoms with Crippen molar-refractivity contribution in [3.8, 4) is 0 Å². The second kappa shape index (κ2) is 5.29. The minimum atomic E-state index is 0.0237. The fraction of sp³-hybridized carbons (Fsp3) is 0.231. The van der Waals surface area contributed by atoms with Gasteiger partial charge in [0.25, 0.3) is 0 Å². The van der Waals surface area contributed by atoms with Crippen molar-refractivity contribution < 1.29 is 5.11 Å². The summed E-state index contributed by atoms with van der Waals surface area (Å²) >= 11 is 0. The Labute approximate surface area is 98.5 Å². The van der Waals surface area contributed by atoms with E-state index in [1.165, 1.54) is 5.70 Å². The molecule has 1 aromatic carbocycles. The van der Waals surface area contributed by atoms with Gasteiger partial charge in [0, 0.05) is 11.4 Å². The summed E-state index contributed by atoms with van der Waals surface area (Å²) in [5.41, 5.74) is 2.21. The first-order valence-electron chi connectivity index (χ1n) is 5.41. The van der Waals surface area contributed by atoms with Gasteiger partial charge >= 0.3 is 0 Å². The van der Waals surface area contributed by atoms with Crippen molar-refractivity contribution in [2.45, 2.75) is 12.8 Å². The topological polar surface area (TPSA) is 23.5 Å². The maximum absolute atomic E-state index is 9.46. The predicted molar refractivity (Wildman–Crippen MR) is 71.8 cm³/mol. The van der Waals surface area contributed by atoms with Crippen LogP contribution < -0.4 is 10.2 Å². The Morgan fingerprint density at radius 3 is 2.56 bits per heavy atom. The van der Waals surface area contributed by atoms with Gasteiger partial charge in [-0.2, -0.15) is 0 Å². The fourth-order valence-electron chi connectivity index (χ4n) is 1.81. The molecule has 0 radical (unpaired) electrons. The van der Waals surface area contributed by atoms with Crippen LogP contribution >= 0.6 is 9.24 Å². The molecule has 0 fully saturated rings. The minimum Gasteiger partial charge on any atom is -0.376 e. The molecule has 0 heterocycles. The van der Waals surface area contributed by atoms with E-state index < -0.39 is 0 Å². The van der Waals surface area contributed by atoms with E-state index in [9.17, 15) is 5.11 Å². The number of rotatable bonds is 3. The highest BCUT2D eigenvalue weighted by Crippen LogP contribution is 2.23. The SMILES string of the molecule is OCN(C1=CC=CCC1)c1ccc(P)cc1. The molecule has 1 N–H and O–H groups in total. The lowest BCUT2D eigenvalue weighted by molar-refractivity contribution is 0.298. The van der Waals surface area contributed by atoms with Crippen LogP contribution in [0.2, 0.25) is 0 Å². The summed E-state index contributed by atoms with van der Waals surface area (Å²) in [6.07, 6.45) is 8.29. The maximum Gasteiger partial charge on any atom is 0.119 e. The summed E-state index contributed by atoms with van der Waals surface area (Å²) < 4.78 is 0. The van der Waals surface area contributed by atoms with Crippen LogP contribution in [-0.2, 0) is 0 Å². The summed E-state index contributed by atoms with van der Waals surface area (Å²) in [4.78, 5) is 1.94. The fourth-order valence-corrected chi connectivity index (χ4v) is 2.00. The average molecular weight is 233 g/mol. The zero-order valence-corrected chi connectivity index (χ0v) is 10.3. The third-order valence-electron chi connectivity index (χ3n) is 2.68. The molecular formula is C13H16NOP. The van der Waals surface area contributed by atoms with Crippen molar-refractivity contribution in [2.75, 3.05) is 11.6 Å². The highest BCUT2D eigenvalue weighted by atomic mass is 31.0. The van der Waals surface area contributed by atoms with Gasteiger partial charge in [0.15, 0.2) is 0 Å². The molecule has 0 amide bonds. The zero-order chi connectivity index (χ0) is 11.4. The summed E-state index contributed by atoms with van der Waals surface area (Å²) in [6.45, 7) is 0.0237. The lowest BCUT2D eigenvalue weighted by Crippen LogP contribution is -2.24. The number of allylic oxidation sites excluding steroid dienone is 4. The van der Waals surface area contributed by atoms with E-state index >= 15 is 0 Å². The Hall–Kier alpha value is -1.11. The van der Waals surface area contributed by atoms with Crippen molar-refractivity contribution >= 4 is 20.2 Å². The minimum absolute atomic E-state index is 0.0237. The molecule has 0 aliphatic heterocycles. The van der Waals surface area contributed by atoms with Crippen LogP contribution in [0, 0.1) is 0 Å². The molecule has 0 aromatic heterocycles. The number of hydrogen-bond acceptors (Lipinski definition) is 2. The van der Waals surface area contributed by atoms with Gasteiger partial charge in [-0.25, -0.2) is 0 Å². The van der Waals surface area contributed by atoms with Gasteiger partial charge in [-0.05, 0) is 36.4 Å². The Kier molecular flexibility index (Phi) is 3.76. The molecule has 1 aliphatic carbocycles. The third kappa shape index (κ3) is 2.52. The van der Waals surface area contributed by atoms with Crippen LogP contribution in [0.4, 0.5) is 5.69 Å². The van der Waals surface area contributed by atoms with Crippen molar-refractivity contribution in [1.82, 2.24) is 0 Å². The molecular weight excluding hydrogens is 217 g/mol. The number of hydrogen-bond donors (Lipinski definition) is 1. The van der Waals surface area contributed by atoms with Gasteiger partial charge < -0.3 is 10.0 Å². The van der Waals surface area contributed by atoms with E-state index in [-0.39, 0.29) is 6.73 Å². The average Bonchev–Trinajstić information content (AvgIpc) is 2.34. The number of nitrogens with zero attached hydrogens (tertiary/aromatic N) is 1. The number of benzene rings is 1. The smallest absolute Gasteiger partial charge is 0.119 e. The second-order valence-electron chi connectivity index (χ2n) is 3.79. The van der Waals surface area contributed by atoms with Gasteiger partial charge in [0.1, 0.15) is 6.73 Å². The normalized spacial score (nSPS) is 14.8. The number of aliphatic hydroxyl groups excluding tert-OH is 1. The molecule has 1 atom stereocenters. The van der Waals surface area contributed by atoms with Crippen LogP contribution in [0.1, 0.15) is 12.8 Å². The van der Waals surface area contributed by atoms with E-state index in [1.807, 2.05) is 35.2 Å². The number of aliphatic hydroxyl groups is 1. The van der Waals surface area contributed by atoms with E-state index in [1.54, 1.807) is 0 Å². The molecule has 2 nitrogen and oxygen atoms in total. The van der Waals surface area contributed by atoms with Crippen LogP contribution in [0.15, 0.2) is 48.2 Å². The van der Waals surface area contributed by atoms with Gasteiger partial charge in [0.05, 0.1) is 0 Å². The van der Waals surface area contributed by atoms with Crippen LogP contribution in [0.3, 0.4) is 0 Å². The summed E-state index contributed by atoms with van der Waals surface area (Å²) in [6, 6.07) is 8.11. The molecule has 0 bridgehead atoms. The molecule has 0 spiro atoms. The molecule has 1 aromatic rings. The van der Waals surface area contributed by atoms with Gasteiger partial charge in [-0.3, -0.25) is 0 Å². The highest BCUT2D eigenvalue weighted by Gasteiger charge is 2.11. The number of anilines is 1. The van der Waals surface area contributed by atoms with Crippen LogP contribution in [-0.4, -0.2) is 11.8 Å². The van der Waals surface area contributed by atoms with Gasteiger partial charge in [-0.1, -0.05) is 24.3 Å². The van der Waals surface area contributed by atoms with Crippen LogP contribution in [0.5, 0.6) is 0 Å². The summed E-state index contributed by atoms with van der Waals surface area (Å²) in [5.74, 6) is 0. The van der Waals surface area contributed by atoms with Crippen molar-refractivity contribution in [2.24, 2.45) is 0 Å². The molecule has 0 saturated carbocycles. The lowest BCUT2D eigenvalue weighted by Gasteiger charge is -2.26. The van der Waals surface area contributed by atoms with E-state index in [0.29, 0.717) is 0 Å². The maximum atomic E-state index is 9.46. The Balaban J connectivity index is 2.25. The summed E-state index contributed by atoms with van der Waals surface area (Å²) in [7, 11) is 2.66. The van der Waals surface area contributed by atoms with Gasteiger partial charge in [0.2, 0.25) is 0 Å². The quantitative estimate of drug-likeness (QED) is 0.639. The first-order chi connectivity index (χ1) is 7.81. The highest BCUT2D eigenvalue weighted by molar-refractivity contribution is 7.27. The predicted octanol–water partition coefficient (Wildman–Crippen LogP) is 2.18. The molecule has 1 aliphatic rings. The molecule has 1 unspecified atom stereocenters. The first-order valence-corrected chi connectivity index (χ1v) is 5.98. The molecule has 16 heavy (non-hydrogen) atoms. The Bertz CT molecular complexity index is 408. The van der Waals surface area contributed by atoms with Gasteiger partial charge in [-0.15, -0.1) is 9.24 Å². The molecule has 2 rings (SSSR count). The molecule has 84 valence electrons. The van der Waals surface area contributed by atoms with E-state index in [2.05, 4.69) is 21.4 Å². The molecule has 3 heteroatoms. The van der Waals surface area contributed by atoms with E-state index in [0.717, 1.165) is 23.8 Å². The zero-order valence-electron chi connectivity index (χ0n) is 9.13. The van der Waals surface area contributed by atoms with Crippen molar-refractivity contribution in [3.05, 3.63) is 48.2 Å². The summed E-state index contributed by atoms with van der Waals surface area (Å²) in [5, 5.41) is 10.6. The Morgan fingerprint density at radius 2 is 2.00 bits per heavy atom. The first kappa shape index (κ1) is 11.4. The largest absolute Gasteiger partial charge is 0.376 e. The monoisotopic (exact) mass is 233 g/mol. The molecule has 0 saturated heterocycles.